The largest absolute Gasteiger partial charge is 0.336 e. The van der Waals surface area contributed by atoms with Crippen molar-refractivity contribution in [1.82, 2.24) is 24.6 Å². The summed E-state index contributed by atoms with van der Waals surface area (Å²) in [7, 11) is 0. The van der Waals surface area contributed by atoms with Gasteiger partial charge in [-0.3, -0.25) is 9.78 Å². The molecule has 138 valence electrons. The first-order chi connectivity index (χ1) is 13.1. The minimum absolute atomic E-state index is 0.0148. The summed E-state index contributed by atoms with van der Waals surface area (Å²) < 4.78 is 1.98. The van der Waals surface area contributed by atoms with Crippen LogP contribution in [-0.2, 0) is 13.0 Å². The van der Waals surface area contributed by atoms with E-state index in [1.807, 2.05) is 34.7 Å². The smallest absolute Gasteiger partial charge is 0.254 e. The Labute approximate surface area is 162 Å². The van der Waals surface area contributed by atoms with Crippen molar-refractivity contribution in [2.45, 2.75) is 38.6 Å². The summed E-state index contributed by atoms with van der Waals surface area (Å²) in [4.78, 5) is 24.4. The highest BCUT2D eigenvalue weighted by Crippen LogP contribution is 2.38. The molecule has 1 aromatic carbocycles. The van der Waals surface area contributed by atoms with Crippen molar-refractivity contribution in [3.63, 3.8) is 0 Å². The first-order valence-electron chi connectivity index (χ1n) is 9.38. The van der Waals surface area contributed by atoms with E-state index in [1.54, 1.807) is 6.07 Å². The molecule has 27 heavy (non-hydrogen) atoms. The number of halogens is 1. The number of rotatable bonds is 2. The highest BCUT2D eigenvalue weighted by molar-refractivity contribution is 6.31. The molecule has 0 spiro atoms. The van der Waals surface area contributed by atoms with Crippen LogP contribution in [0.4, 0.5) is 0 Å². The van der Waals surface area contributed by atoms with Crippen molar-refractivity contribution in [2.24, 2.45) is 0 Å². The van der Waals surface area contributed by atoms with Crippen molar-refractivity contribution in [3.05, 3.63) is 52.2 Å². The van der Waals surface area contributed by atoms with Gasteiger partial charge in [-0.2, -0.15) is 5.10 Å². The molecule has 2 aromatic heterocycles. The lowest BCUT2D eigenvalue weighted by molar-refractivity contribution is 0.0760. The minimum atomic E-state index is 0.0148. The predicted octanol–water partition coefficient (Wildman–Crippen LogP) is 3.36. The normalized spacial score (nSPS) is 17.0. The number of amides is 1. The SMILES string of the molecule is Cc1cc(C(=O)N2CCc3nc(C4CC4)nn3CC2)c2cc(Cl)ccc2n1. The van der Waals surface area contributed by atoms with Gasteiger partial charge < -0.3 is 4.90 Å². The van der Waals surface area contributed by atoms with Crippen molar-refractivity contribution in [1.29, 1.82) is 0 Å². The number of pyridine rings is 1. The molecule has 7 heteroatoms. The molecular formula is C20H20ClN5O. The van der Waals surface area contributed by atoms with Crippen LogP contribution in [0.3, 0.4) is 0 Å². The van der Waals surface area contributed by atoms with Gasteiger partial charge in [0.05, 0.1) is 17.6 Å². The fraction of sp³-hybridized carbons (Fsp3) is 0.400. The highest BCUT2D eigenvalue weighted by atomic mass is 35.5. The number of carbonyl (C=O) groups excluding carboxylic acids is 1. The highest BCUT2D eigenvalue weighted by Gasteiger charge is 2.30. The number of nitrogens with zero attached hydrogens (tertiary/aromatic N) is 5. The summed E-state index contributed by atoms with van der Waals surface area (Å²) in [5.74, 6) is 2.54. The number of aryl methyl sites for hydroxylation is 1. The fourth-order valence-corrected chi connectivity index (χ4v) is 3.89. The van der Waals surface area contributed by atoms with Crippen molar-refractivity contribution >= 4 is 28.4 Å². The Kier molecular flexibility index (Phi) is 3.90. The number of hydrogen-bond acceptors (Lipinski definition) is 4. The second-order valence-electron chi connectivity index (χ2n) is 7.40. The molecular weight excluding hydrogens is 362 g/mol. The Bertz CT molecular complexity index is 1030. The molecule has 1 aliphatic heterocycles. The Balaban J connectivity index is 1.43. The average molecular weight is 382 g/mol. The summed E-state index contributed by atoms with van der Waals surface area (Å²) >= 11 is 6.17. The van der Waals surface area contributed by atoms with E-state index >= 15 is 0 Å². The Hall–Kier alpha value is -2.47. The topological polar surface area (TPSA) is 63.9 Å². The predicted molar refractivity (Wildman–Crippen MR) is 103 cm³/mol. The first-order valence-corrected chi connectivity index (χ1v) is 9.76. The molecule has 3 heterocycles. The van der Waals surface area contributed by atoms with E-state index in [0.29, 0.717) is 36.1 Å². The van der Waals surface area contributed by atoms with Crippen LogP contribution < -0.4 is 0 Å². The van der Waals surface area contributed by atoms with Crippen LogP contribution in [0.5, 0.6) is 0 Å². The lowest BCUT2D eigenvalue weighted by Crippen LogP contribution is -2.34. The molecule has 0 bridgehead atoms. The van der Waals surface area contributed by atoms with E-state index in [1.165, 1.54) is 12.8 Å². The van der Waals surface area contributed by atoms with E-state index in [2.05, 4.69) is 10.1 Å². The van der Waals surface area contributed by atoms with Crippen LogP contribution in [0.2, 0.25) is 5.02 Å². The quantitative estimate of drug-likeness (QED) is 0.682. The first kappa shape index (κ1) is 16.7. The molecule has 0 saturated heterocycles. The molecule has 1 saturated carbocycles. The average Bonchev–Trinajstić information content (AvgIpc) is 3.45. The standard InChI is InChI=1S/C20H20ClN5O/c1-12-10-16(15-11-14(21)4-5-17(15)22-12)20(27)25-7-6-18-23-19(13-2-3-13)24-26(18)9-8-25/h4-5,10-11,13H,2-3,6-9H2,1H3. The van der Waals surface area contributed by atoms with Gasteiger partial charge in [-0.1, -0.05) is 11.6 Å². The Morgan fingerprint density at radius 2 is 2.00 bits per heavy atom. The van der Waals surface area contributed by atoms with Crippen LogP contribution in [-0.4, -0.2) is 43.6 Å². The van der Waals surface area contributed by atoms with Gasteiger partial charge in [-0.15, -0.1) is 0 Å². The van der Waals surface area contributed by atoms with E-state index in [9.17, 15) is 4.79 Å². The summed E-state index contributed by atoms with van der Waals surface area (Å²) in [5, 5.41) is 6.06. The van der Waals surface area contributed by atoms with Gasteiger partial charge in [0.25, 0.3) is 5.91 Å². The molecule has 0 N–H and O–H groups in total. The molecule has 6 nitrogen and oxygen atoms in total. The summed E-state index contributed by atoms with van der Waals surface area (Å²) in [6.07, 6.45) is 3.13. The third kappa shape index (κ3) is 3.08. The second kappa shape index (κ2) is 6.30. The van der Waals surface area contributed by atoms with E-state index in [0.717, 1.165) is 34.7 Å². The molecule has 1 amide bonds. The third-order valence-corrected chi connectivity index (χ3v) is 5.55. The maximum atomic E-state index is 13.3. The van der Waals surface area contributed by atoms with Crippen LogP contribution in [0.25, 0.3) is 10.9 Å². The third-order valence-electron chi connectivity index (χ3n) is 5.31. The van der Waals surface area contributed by atoms with Gasteiger partial charge in [0.2, 0.25) is 0 Å². The zero-order valence-corrected chi connectivity index (χ0v) is 15.9. The van der Waals surface area contributed by atoms with Gasteiger partial charge in [-0.25, -0.2) is 9.67 Å². The number of hydrogen-bond donors (Lipinski definition) is 0. The molecule has 0 atom stereocenters. The molecule has 1 aliphatic carbocycles. The molecule has 5 rings (SSSR count). The van der Waals surface area contributed by atoms with E-state index < -0.39 is 0 Å². The van der Waals surface area contributed by atoms with Crippen molar-refractivity contribution < 1.29 is 4.79 Å². The monoisotopic (exact) mass is 381 g/mol. The number of fused-ring (bicyclic) bond motifs is 2. The number of aromatic nitrogens is 4. The van der Waals surface area contributed by atoms with E-state index in [4.69, 9.17) is 16.6 Å². The summed E-state index contributed by atoms with van der Waals surface area (Å²) in [5.41, 5.74) is 2.28. The summed E-state index contributed by atoms with van der Waals surface area (Å²) in [6.45, 7) is 3.86. The minimum Gasteiger partial charge on any atom is -0.336 e. The van der Waals surface area contributed by atoms with Gasteiger partial charge in [0, 0.05) is 41.5 Å². The molecule has 0 radical (unpaired) electrons. The molecule has 2 aliphatic rings. The Morgan fingerprint density at radius 1 is 1.15 bits per heavy atom. The van der Waals surface area contributed by atoms with Gasteiger partial charge >= 0.3 is 0 Å². The summed E-state index contributed by atoms with van der Waals surface area (Å²) in [6, 6.07) is 7.35. The van der Waals surface area contributed by atoms with E-state index in [-0.39, 0.29) is 5.91 Å². The maximum absolute atomic E-state index is 13.3. The zero-order valence-electron chi connectivity index (χ0n) is 15.2. The van der Waals surface area contributed by atoms with Crippen LogP contribution in [0, 0.1) is 6.92 Å². The lowest BCUT2D eigenvalue weighted by Gasteiger charge is -2.21. The lowest BCUT2D eigenvalue weighted by atomic mass is 10.1. The van der Waals surface area contributed by atoms with Crippen molar-refractivity contribution in [3.8, 4) is 0 Å². The zero-order chi connectivity index (χ0) is 18.5. The fourth-order valence-electron chi connectivity index (χ4n) is 3.72. The van der Waals surface area contributed by atoms with Gasteiger partial charge in [0.1, 0.15) is 5.82 Å². The van der Waals surface area contributed by atoms with Crippen LogP contribution in [0.1, 0.15) is 46.5 Å². The number of carbonyl (C=O) groups is 1. The Morgan fingerprint density at radius 3 is 2.81 bits per heavy atom. The van der Waals surface area contributed by atoms with Crippen molar-refractivity contribution in [2.75, 3.05) is 13.1 Å². The number of benzene rings is 1. The maximum Gasteiger partial charge on any atom is 0.254 e. The van der Waals surface area contributed by atoms with Gasteiger partial charge in [-0.05, 0) is 44.0 Å². The van der Waals surface area contributed by atoms with Crippen LogP contribution >= 0.6 is 11.6 Å². The second-order valence-corrected chi connectivity index (χ2v) is 7.83. The van der Waals surface area contributed by atoms with Crippen LogP contribution in [0.15, 0.2) is 24.3 Å². The molecule has 3 aromatic rings. The molecule has 1 fully saturated rings. The molecule has 0 unspecified atom stereocenters. The van der Waals surface area contributed by atoms with Gasteiger partial charge in [0.15, 0.2) is 5.82 Å².